The zero-order chi connectivity index (χ0) is 21.1. The summed E-state index contributed by atoms with van der Waals surface area (Å²) < 4.78 is 6.15. The number of rotatable bonds is 6. The SMILES string of the molecule is C=Nc1c(C(=O)Nc2cc3cccnc3cc2O[C@@H]2CC[C@@H](O)C2)csc1C=NC. The molecule has 1 aliphatic carbocycles. The topological polar surface area (TPSA) is 96.2 Å². The van der Waals surface area contributed by atoms with Gasteiger partial charge in [0.2, 0.25) is 0 Å². The van der Waals surface area contributed by atoms with Crippen LogP contribution in [0.5, 0.6) is 5.75 Å². The number of aliphatic hydroxyl groups is 1. The molecule has 0 unspecified atom stereocenters. The fourth-order valence-corrected chi connectivity index (χ4v) is 4.51. The van der Waals surface area contributed by atoms with Crippen LogP contribution in [0, 0.1) is 0 Å². The molecule has 1 aliphatic rings. The fraction of sp³-hybridized carbons (Fsp3) is 0.273. The van der Waals surface area contributed by atoms with Crippen LogP contribution in [-0.4, -0.2) is 48.2 Å². The number of amides is 1. The molecule has 1 aromatic carbocycles. The molecule has 1 saturated carbocycles. The van der Waals surface area contributed by atoms with Gasteiger partial charge in [0.25, 0.3) is 5.91 Å². The van der Waals surface area contributed by atoms with E-state index in [1.165, 1.54) is 11.3 Å². The van der Waals surface area contributed by atoms with Crippen LogP contribution in [0.3, 0.4) is 0 Å². The Labute approximate surface area is 178 Å². The highest BCUT2D eigenvalue weighted by Gasteiger charge is 2.26. The Morgan fingerprint density at radius 1 is 1.43 bits per heavy atom. The first-order valence-electron chi connectivity index (χ1n) is 9.64. The number of aliphatic hydroxyl groups excluding tert-OH is 1. The summed E-state index contributed by atoms with van der Waals surface area (Å²) in [6.45, 7) is 3.59. The van der Waals surface area contributed by atoms with Crippen molar-refractivity contribution in [1.29, 1.82) is 0 Å². The van der Waals surface area contributed by atoms with Crippen LogP contribution in [0.15, 0.2) is 45.8 Å². The molecule has 2 aromatic heterocycles. The number of hydrogen-bond donors (Lipinski definition) is 2. The molecule has 4 rings (SSSR count). The van der Waals surface area contributed by atoms with Gasteiger partial charge < -0.3 is 15.2 Å². The zero-order valence-corrected chi connectivity index (χ0v) is 17.4. The molecule has 0 saturated heterocycles. The van der Waals surface area contributed by atoms with Crippen molar-refractivity contribution in [2.24, 2.45) is 9.98 Å². The van der Waals surface area contributed by atoms with Crippen molar-refractivity contribution in [3.05, 3.63) is 46.3 Å². The summed E-state index contributed by atoms with van der Waals surface area (Å²) in [6, 6.07) is 7.45. The van der Waals surface area contributed by atoms with Crippen LogP contribution in [-0.2, 0) is 0 Å². The third kappa shape index (κ3) is 4.10. The predicted molar refractivity (Wildman–Crippen MR) is 121 cm³/mol. The smallest absolute Gasteiger partial charge is 0.258 e. The number of aliphatic imine (C=N–C) groups is 2. The molecule has 0 spiro atoms. The summed E-state index contributed by atoms with van der Waals surface area (Å²) in [5, 5.41) is 15.4. The molecule has 2 N–H and O–H groups in total. The van der Waals surface area contributed by atoms with E-state index in [2.05, 4.69) is 27.0 Å². The van der Waals surface area contributed by atoms with Crippen molar-refractivity contribution in [1.82, 2.24) is 4.98 Å². The second kappa shape index (κ2) is 8.73. The van der Waals surface area contributed by atoms with E-state index in [-0.39, 0.29) is 18.1 Å². The summed E-state index contributed by atoms with van der Waals surface area (Å²) in [7, 11) is 1.67. The Bertz CT molecular complexity index is 1120. The molecule has 1 fully saturated rings. The van der Waals surface area contributed by atoms with Gasteiger partial charge in [0, 0.05) is 42.7 Å². The van der Waals surface area contributed by atoms with Crippen molar-refractivity contribution >= 4 is 52.5 Å². The second-order valence-electron chi connectivity index (χ2n) is 7.11. The summed E-state index contributed by atoms with van der Waals surface area (Å²) in [5.74, 6) is 0.233. The average molecular weight is 423 g/mol. The van der Waals surface area contributed by atoms with Crippen molar-refractivity contribution in [3.8, 4) is 5.75 Å². The van der Waals surface area contributed by atoms with Gasteiger partial charge >= 0.3 is 0 Å². The van der Waals surface area contributed by atoms with E-state index in [4.69, 9.17) is 4.74 Å². The highest BCUT2D eigenvalue weighted by atomic mass is 32.1. The lowest BCUT2D eigenvalue weighted by Gasteiger charge is -2.18. The van der Waals surface area contributed by atoms with E-state index in [1.54, 1.807) is 24.8 Å². The van der Waals surface area contributed by atoms with Gasteiger partial charge in [-0.05, 0) is 31.7 Å². The Hall–Kier alpha value is -3.10. The van der Waals surface area contributed by atoms with Crippen LogP contribution in [0.25, 0.3) is 10.9 Å². The minimum absolute atomic E-state index is 0.101. The molecule has 8 heteroatoms. The first kappa shape index (κ1) is 20.2. The molecule has 0 bridgehead atoms. The summed E-state index contributed by atoms with van der Waals surface area (Å²) in [6.07, 6.45) is 4.98. The van der Waals surface area contributed by atoms with Gasteiger partial charge in [0.15, 0.2) is 0 Å². The van der Waals surface area contributed by atoms with Gasteiger partial charge in [-0.3, -0.25) is 19.8 Å². The molecule has 30 heavy (non-hydrogen) atoms. The molecule has 2 atom stereocenters. The number of carbonyl (C=O) groups is 1. The molecule has 7 nitrogen and oxygen atoms in total. The normalized spacial score (nSPS) is 18.7. The molecule has 0 aliphatic heterocycles. The van der Waals surface area contributed by atoms with Gasteiger partial charge in [-0.2, -0.15) is 0 Å². The number of pyridine rings is 1. The van der Waals surface area contributed by atoms with Crippen LogP contribution >= 0.6 is 11.3 Å². The maximum Gasteiger partial charge on any atom is 0.258 e. The van der Waals surface area contributed by atoms with Crippen molar-refractivity contribution in [3.63, 3.8) is 0 Å². The number of carbonyl (C=O) groups excluding carboxylic acids is 1. The minimum atomic E-state index is -0.350. The lowest BCUT2D eigenvalue weighted by Crippen LogP contribution is -2.17. The van der Waals surface area contributed by atoms with Gasteiger partial charge in [-0.25, -0.2) is 0 Å². The largest absolute Gasteiger partial charge is 0.488 e. The number of aromatic nitrogens is 1. The molecule has 1 amide bonds. The highest BCUT2D eigenvalue weighted by Crippen LogP contribution is 2.35. The summed E-state index contributed by atoms with van der Waals surface area (Å²) >= 11 is 1.38. The summed E-state index contributed by atoms with van der Waals surface area (Å²) in [5.41, 5.74) is 2.26. The predicted octanol–water partition coefficient (Wildman–Crippen LogP) is 4.22. The number of benzene rings is 1. The maximum atomic E-state index is 13.0. The lowest BCUT2D eigenvalue weighted by molar-refractivity contribution is 0.102. The minimum Gasteiger partial charge on any atom is -0.488 e. The van der Waals surface area contributed by atoms with Crippen molar-refractivity contribution < 1.29 is 14.6 Å². The van der Waals surface area contributed by atoms with Gasteiger partial charge in [0.1, 0.15) is 11.9 Å². The Morgan fingerprint density at radius 3 is 3.03 bits per heavy atom. The fourth-order valence-electron chi connectivity index (χ4n) is 3.59. The third-order valence-electron chi connectivity index (χ3n) is 5.04. The Balaban J connectivity index is 1.68. The number of ether oxygens (including phenoxy) is 1. The van der Waals surface area contributed by atoms with Gasteiger partial charge in [-0.15, -0.1) is 11.3 Å². The zero-order valence-electron chi connectivity index (χ0n) is 16.5. The molecule has 154 valence electrons. The molecule has 3 aromatic rings. The molecular weight excluding hydrogens is 400 g/mol. The standard InChI is InChI=1S/C22H22N4O3S/c1-23-11-20-21(24-2)16(12-30-20)22(28)26-18-8-13-4-3-7-25-17(13)10-19(18)29-15-6-5-14(27)9-15/h3-4,7-8,10-12,14-15,27H,2,5-6,9H2,1H3,(H,26,28)/t14-,15-/m1/s1. The van der Waals surface area contributed by atoms with E-state index in [0.29, 0.717) is 35.5 Å². The number of thiophene rings is 1. The summed E-state index contributed by atoms with van der Waals surface area (Å²) in [4.78, 5) is 26.2. The Kier molecular flexibility index (Phi) is 5.87. The van der Waals surface area contributed by atoms with Crippen LogP contribution in [0.4, 0.5) is 11.4 Å². The van der Waals surface area contributed by atoms with E-state index in [0.717, 1.165) is 22.2 Å². The molecular formula is C22H22N4O3S. The first-order valence-corrected chi connectivity index (χ1v) is 10.5. The maximum absolute atomic E-state index is 13.0. The number of anilines is 1. The van der Waals surface area contributed by atoms with E-state index < -0.39 is 0 Å². The van der Waals surface area contributed by atoms with Crippen LogP contribution in [0.1, 0.15) is 34.5 Å². The average Bonchev–Trinajstić information content (AvgIpc) is 3.34. The second-order valence-corrected chi connectivity index (χ2v) is 8.02. The quantitative estimate of drug-likeness (QED) is 0.581. The number of fused-ring (bicyclic) bond motifs is 1. The monoisotopic (exact) mass is 422 g/mol. The molecule has 0 radical (unpaired) electrons. The Morgan fingerprint density at radius 2 is 2.30 bits per heavy atom. The van der Waals surface area contributed by atoms with Gasteiger partial charge in [0.05, 0.1) is 33.4 Å². The van der Waals surface area contributed by atoms with Crippen LogP contribution in [0.2, 0.25) is 0 Å². The van der Waals surface area contributed by atoms with E-state index in [1.807, 2.05) is 24.3 Å². The van der Waals surface area contributed by atoms with Gasteiger partial charge in [-0.1, -0.05) is 6.07 Å². The first-order chi connectivity index (χ1) is 14.6. The van der Waals surface area contributed by atoms with Crippen molar-refractivity contribution in [2.75, 3.05) is 12.4 Å². The van der Waals surface area contributed by atoms with Crippen molar-refractivity contribution in [2.45, 2.75) is 31.5 Å². The van der Waals surface area contributed by atoms with Crippen LogP contribution < -0.4 is 10.1 Å². The number of hydrogen-bond acceptors (Lipinski definition) is 7. The third-order valence-corrected chi connectivity index (χ3v) is 5.95. The molecule has 2 heterocycles. The van der Waals surface area contributed by atoms with E-state index in [9.17, 15) is 9.90 Å². The number of nitrogens with zero attached hydrogens (tertiary/aromatic N) is 3. The lowest BCUT2D eigenvalue weighted by atomic mass is 10.1. The van der Waals surface area contributed by atoms with E-state index >= 15 is 0 Å². The number of nitrogens with one attached hydrogen (secondary N) is 1. The highest BCUT2D eigenvalue weighted by molar-refractivity contribution is 7.12.